The molecular formula is C21H21N3O4. The fourth-order valence-corrected chi connectivity index (χ4v) is 2.69. The minimum absolute atomic E-state index is 0.268. The van der Waals surface area contributed by atoms with Crippen molar-refractivity contribution in [3.05, 3.63) is 71.2 Å². The highest BCUT2D eigenvalue weighted by atomic mass is 16.5. The zero-order valence-electron chi connectivity index (χ0n) is 16.0. The van der Waals surface area contributed by atoms with E-state index < -0.39 is 5.97 Å². The highest BCUT2D eigenvalue weighted by Gasteiger charge is 2.13. The number of ketones is 1. The van der Waals surface area contributed by atoms with Crippen molar-refractivity contribution in [3.8, 4) is 11.6 Å². The standard InChI is InChI=1S/C21H21N3O4/c1-4-27-18-8-5-16(6-9-18)19(25)13-28-21(26)17-7-10-20(22-12-17)24-15(3)11-14(2)23-24/h5-12H,4,13H2,1-3H3. The summed E-state index contributed by atoms with van der Waals surface area (Å²) < 4.78 is 12.1. The van der Waals surface area contributed by atoms with E-state index in [-0.39, 0.29) is 18.0 Å². The zero-order valence-corrected chi connectivity index (χ0v) is 16.0. The smallest absolute Gasteiger partial charge is 0.340 e. The number of benzene rings is 1. The highest BCUT2D eigenvalue weighted by Crippen LogP contribution is 2.14. The Balaban J connectivity index is 1.60. The number of aromatic nitrogens is 3. The van der Waals surface area contributed by atoms with Crippen LogP contribution in [0.15, 0.2) is 48.7 Å². The molecule has 0 aliphatic heterocycles. The van der Waals surface area contributed by atoms with E-state index in [1.165, 1.54) is 6.20 Å². The Hall–Kier alpha value is -3.48. The molecule has 0 atom stereocenters. The molecule has 0 radical (unpaired) electrons. The Labute approximate surface area is 162 Å². The highest BCUT2D eigenvalue weighted by molar-refractivity contribution is 5.99. The molecule has 0 fully saturated rings. The zero-order chi connectivity index (χ0) is 20.1. The van der Waals surface area contributed by atoms with Crippen molar-refractivity contribution < 1.29 is 19.1 Å². The number of hydrogen-bond acceptors (Lipinski definition) is 6. The predicted molar refractivity (Wildman–Crippen MR) is 103 cm³/mol. The monoisotopic (exact) mass is 379 g/mol. The van der Waals surface area contributed by atoms with Gasteiger partial charge in [-0.2, -0.15) is 5.10 Å². The largest absolute Gasteiger partial charge is 0.494 e. The van der Waals surface area contributed by atoms with E-state index in [9.17, 15) is 9.59 Å². The van der Waals surface area contributed by atoms with Crippen molar-refractivity contribution in [2.24, 2.45) is 0 Å². The molecule has 1 aromatic carbocycles. The summed E-state index contributed by atoms with van der Waals surface area (Å²) in [5, 5.41) is 4.35. The third-order valence-corrected chi connectivity index (χ3v) is 4.03. The third-order valence-electron chi connectivity index (χ3n) is 4.03. The average molecular weight is 379 g/mol. The van der Waals surface area contributed by atoms with Gasteiger partial charge in [0.1, 0.15) is 5.75 Å². The number of nitrogens with zero attached hydrogens (tertiary/aromatic N) is 3. The molecule has 2 aromatic heterocycles. The second-order valence-electron chi connectivity index (χ2n) is 6.20. The Kier molecular flexibility index (Phi) is 5.84. The number of carbonyl (C=O) groups excluding carboxylic acids is 2. The van der Waals surface area contributed by atoms with Crippen molar-refractivity contribution in [3.63, 3.8) is 0 Å². The van der Waals surface area contributed by atoms with E-state index >= 15 is 0 Å². The van der Waals surface area contributed by atoms with E-state index in [0.29, 0.717) is 23.7 Å². The predicted octanol–water partition coefficient (Wildman–Crippen LogP) is 3.32. The number of Topliss-reactive ketones (excluding diaryl/α,β-unsaturated/α-hetero) is 1. The Bertz CT molecular complexity index is 976. The summed E-state index contributed by atoms with van der Waals surface area (Å²) in [6, 6.07) is 11.9. The first kappa shape index (κ1) is 19.3. The lowest BCUT2D eigenvalue weighted by Crippen LogP contribution is -2.14. The molecule has 0 N–H and O–H groups in total. The van der Waals surface area contributed by atoms with E-state index in [0.717, 1.165) is 11.4 Å². The van der Waals surface area contributed by atoms with Crippen molar-refractivity contribution >= 4 is 11.8 Å². The summed E-state index contributed by atoms with van der Waals surface area (Å²) in [5.74, 6) is 0.396. The van der Waals surface area contributed by atoms with Gasteiger partial charge in [-0.1, -0.05) is 0 Å². The number of aryl methyl sites for hydroxylation is 2. The van der Waals surface area contributed by atoms with Gasteiger partial charge in [-0.3, -0.25) is 4.79 Å². The van der Waals surface area contributed by atoms with Crippen molar-refractivity contribution in [1.82, 2.24) is 14.8 Å². The number of ether oxygens (including phenoxy) is 2. The lowest BCUT2D eigenvalue weighted by atomic mass is 10.1. The molecule has 0 spiro atoms. The van der Waals surface area contributed by atoms with Crippen molar-refractivity contribution in [2.45, 2.75) is 20.8 Å². The molecule has 0 amide bonds. The number of carbonyl (C=O) groups is 2. The lowest BCUT2D eigenvalue weighted by Gasteiger charge is -2.07. The third kappa shape index (κ3) is 4.43. The first-order valence-electron chi connectivity index (χ1n) is 8.91. The molecule has 2 heterocycles. The van der Waals surface area contributed by atoms with Crippen LogP contribution in [-0.4, -0.2) is 39.7 Å². The fourth-order valence-electron chi connectivity index (χ4n) is 2.69. The maximum absolute atomic E-state index is 12.2. The maximum atomic E-state index is 12.2. The Morgan fingerprint density at radius 3 is 2.32 bits per heavy atom. The molecule has 0 aliphatic carbocycles. The number of pyridine rings is 1. The van der Waals surface area contributed by atoms with Gasteiger partial charge < -0.3 is 9.47 Å². The van der Waals surface area contributed by atoms with Crippen LogP contribution in [0.3, 0.4) is 0 Å². The van der Waals surface area contributed by atoms with E-state index in [4.69, 9.17) is 9.47 Å². The molecule has 0 aliphatic rings. The van der Waals surface area contributed by atoms with E-state index in [1.54, 1.807) is 41.1 Å². The van der Waals surface area contributed by atoms with Crippen LogP contribution in [0.1, 0.15) is 39.0 Å². The first-order valence-corrected chi connectivity index (χ1v) is 8.91. The summed E-state index contributed by atoms with van der Waals surface area (Å²) >= 11 is 0. The van der Waals surface area contributed by atoms with Crippen LogP contribution in [0.5, 0.6) is 5.75 Å². The van der Waals surface area contributed by atoms with Gasteiger partial charge in [0.2, 0.25) is 0 Å². The summed E-state index contributed by atoms with van der Waals surface area (Å²) in [7, 11) is 0. The second kappa shape index (κ2) is 8.47. The molecule has 3 rings (SSSR count). The fraction of sp³-hybridized carbons (Fsp3) is 0.238. The SMILES string of the molecule is CCOc1ccc(C(=O)COC(=O)c2ccc(-n3nc(C)cc3C)nc2)cc1. The van der Waals surface area contributed by atoms with Crippen LogP contribution in [-0.2, 0) is 4.74 Å². The normalized spacial score (nSPS) is 10.5. The molecule has 3 aromatic rings. The van der Waals surface area contributed by atoms with Gasteiger partial charge in [-0.15, -0.1) is 0 Å². The molecule has 7 nitrogen and oxygen atoms in total. The van der Waals surface area contributed by atoms with E-state index in [2.05, 4.69) is 10.1 Å². The second-order valence-corrected chi connectivity index (χ2v) is 6.20. The van der Waals surface area contributed by atoms with Gasteiger partial charge in [0.15, 0.2) is 18.2 Å². The summed E-state index contributed by atoms with van der Waals surface area (Å²) in [4.78, 5) is 28.6. The van der Waals surface area contributed by atoms with Crippen LogP contribution in [0.25, 0.3) is 5.82 Å². The van der Waals surface area contributed by atoms with Gasteiger partial charge in [0.05, 0.1) is 17.9 Å². The molecule has 28 heavy (non-hydrogen) atoms. The number of hydrogen-bond donors (Lipinski definition) is 0. The van der Waals surface area contributed by atoms with Crippen molar-refractivity contribution in [2.75, 3.05) is 13.2 Å². The van der Waals surface area contributed by atoms with Crippen LogP contribution < -0.4 is 4.74 Å². The topological polar surface area (TPSA) is 83.3 Å². The molecule has 7 heteroatoms. The van der Waals surface area contributed by atoms with Gasteiger partial charge in [0, 0.05) is 17.5 Å². The van der Waals surface area contributed by atoms with Gasteiger partial charge in [-0.25, -0.2) is 14.5 Å². The van der Waals surface area contributed by atoms with Gasteiger partial charge >= 0.3 is 5.97 Å². The van der Waals surface area contributed by atoms with Gasteiger partial charge in [-0.05, 0) is 63.2 Å². The molecular weight excluding hydrogens is 358 g/mol. The number of esters is 1. The molecule has 0 saturated heterocycles. The minimum atomic E-state index is -0.605. The molecule has 0 bridgehead atoms. The summed E-state index contributed by atoms with van der Waals surface area (Å²) in [5.41, 5.74) is 2.55. The van der Waals surface area contributed by atoms with Crippen molar-refractivity contribution in [1.29, 1.82) is 0 Å². The lowest BCUT2D eigenvalue weighted by molar-refractivity contribution is 0.0474. The molecule has 144 valence electrons. The van der Waals surface area contributed by atoms with Crippen LogP contribution >= 0.6 is 0 Å². The summed E-state index contributed by atoms with van der Waals surface area (Å²) in [6.07, 6.45) is 1.41. The maximum Gasteiger partial charge on any atom is 0.340 e. The minimum Gasteiger partial charge on any atom is -0.494 e. The van der Waals surface area contributed by atoms with Crippen LogP contribution in [0, 0.1) is 13.8 Å². The molecule has 0 unspecified atom stereocenters. The number of rotatable bonds is 7. The van der Waals surface area contributed by atoms with E-state index in [1.807, 2.05) is 26.8 Å². The summed E-state index contributed by atoms with van der Waals surface area (Å²) in [6.45, 7) is 5.92. The van der Waals surface area contributed by atoms with Gasteiger partial charge in [0.25, 0.3) is 0 Å². The first-order chi connectivity index (χ1) is 13.5. The average Bonchev–Trinajstić information content (AvgIpc) is 3.05. The van der Waals surface area contributed by atoms with Crippen LogP contribution in [0.2, 0.25) is 0 Å². The molecule has 0 saturated carbocycles. The Morgan fingerprint density at radius 2 is 1.75 bits per heavy atom. The van der Waals surface area contributed by atoms with Crippen LogP contribution in [0.4, 0.5) is 0 Å². The quantitative estimate of drug-likeness (QED) is 0.463. The Morgan fingerprint density at radius 1 is 1.04 bits per heavy atom.